The van der Waals surface area contributed by atoms with Gasteiger partial charge in [-0.2, -0.15) is 0 Å². The molecule has 0 fully saturated rings. The van der Waals surface area contributed by atoms with E-state index in [1.807, 2.05) is 38.1 Å². The van der Waals surface area contributed by atoms with Gasteiger partial charge in [0.05, 0.1) is 6.10 Å². The lowest BCUT2D eigenvalue weighted by Crippen LogP contribution is -2.04. The molecule has 3 rings (SSSR count). The van der Waals surface area contributed by atoms with Crippen molar-refractivity contribution >= 4 is 33.0 Å². The summed E-state index contributed by atoms with van der Waals surface area (Å²) >= 11 is 8.04. The van der Waals surface area contributed by atoms with Crippen molar-refractivity contribution in [1.82, 2.24) is 0 Å². The first-order valence-corrected chi connectivity index (χ1v) is 8.24. The monoisotopic (exact) mass is 316 g/mol. The molecule has 0 amide bonds. The largest absolute Gasteiger partial charge is 0.491 e. The Bertz CT molecular complexity index is 761. The van der Waals surface area contributed by atoms with Crippen molar-refractivity contribution in [2.45, 2.75) is 26.4 Å². The van der Waals surface area contributed by atoms with Crippen LogP contribution in [0.3, 0.4) is 0 Å². The van der Waals surface area contributed by atoms with Crippen LogP contribution in [0.15, 0.2) is 48.5 Å². The van der Waals surface area contributed by atoms with Gasteiger partial charge in [0, 0.05) is 21.0 Å². The number of thiophene rings is 1. The lowest BCUT2D eigenvalue weighted by atomic mass is 10.1. The first kappa shape index (κ1) is 14.4. The quantitative estimate of drug-likeness (QED) is 0.579. The Balaban J connectivity index is 1.89. The summed E-state index contributed by atoms with van der Waals surface area (Å²) in [6.07, 6.45) is 1.07. The number of benzene rings is 2. The Labute approximate surface area is 134 Å². The van der Waals surface area contributed by atoms with Gasteiger partial charge in [-0.1, -0.05) is 29.8 Å². The molecule has 0 atom stereocenters. The predicted molar refractivity (Wildman–Crippen MR) is 91.8 cm³/mol. The zero-order valence-corrected chi connectivity index (χ0v) is 13.7. The van der Waals surface area contributed by atoms with E-state index >= 15 is 0 Å². The van der Waals surface area contributed by atoms with Crippen LogP contribution in [0.5, 0.6) is 5.75 Å². The first-order chi connectivity index (χ1) is 10.1. The molecule has 1 nitrogen and oxygen atoms in total. The van der Waals surface area contributed by atoms with Gasteiger partial charge in [-0.05, 0) is 55.1 Å². The van der Waals surface area contributed by atoms with Gasteiger partial charge in [0.15, 0.2) is 0 Å². The molecule has 0 radical (unpaired) electrons. The molecule has 0 unspecified atom stereocenters. The van der Waals surface area contributed by atoms with E-state index in [0.29, 0.717) is 0 Å². The summed E-state index contributed by atoms with van der Waals surface area (Å²) in [5.41, 5.74) is 1.17. The molecule has 3 aromatic rings. The van der Waals surface area contributed by atoms with Crippen molar-refractivity contribution in [3.8, 4) is 5.75 Å². The van der Waals surface area contributed by atoms with Crippen molar-refractivity contribution in [3.05, 3.63) is 64.0 Å². The third-order valence-corrected chi connectivity index (χ3v) is 4.70. The molecule has 0 aliphatic rings. The van der Waals surface area contributed by atoms with E-state index in [4.69, 9.17) is 16.3 Å². The highest BCUT2D eigenvalue weighted by molar-refractivity contribution is 7.19. The Morgan fingerprint density at radius 1 is 1.10 bits per heavy atom. The van der Waals surface area contributed by atoms with Crippen molar-refractivity contribution in [1.29, 1.82) is 0 Å². The Hall–Kier alpha value is -1.51. The van der Waals surface area contributed by atoms with Gasteiger partial charge in [0.1, 0.15) is 5.75 Å². The lowest BCUT2D eigenvalue weighted by molar-refractivity contribution is 0.243. The van der Waals surface area contributed by atoms with E-state index in [9.17, 15) is 0 Å². The third-order valence-electron chi connectivity index (χ3n) is 3.24. The van der Waals surface area contributed by atoms with Crippen LogP contribution in [-0.4, -0.2) is 6.10 Å². The molecule has 3 heteroatoms. The topological polar surface area (TPSA) is 9.23 Å². The van der Waals surface area contributed by atoms with E-state index in [-0.39, 0.29) is 6.10 Å². The van der Waals surface area contributed by atoms with Gasteiger partial charge >= 0.3 is 0 Å². The summed E-state index contributed by atoms with van der Waals surface area (Å²) in [7, 11) is 0. The predicted octanol–water partition coefficient (Wildman–Crippen LogP) is 5.93. The van der Waals surface area contributed by atoms with Crippen LogP contribution in [0.2, 0.25) is 5.02 Å². The fraction of sp³-hybridized carbons (Fsp3) is 0.222. The average molecular weight is 317 g/mol. The third kappa shape index (κ3) is 3.39. The van der Waals surface area contributed by atoms with Crippen LogP contribution in [-0.2, 0) is 6.42 Å². The fourth-order valence-corrected chi connectivity index (χ4v) is 3.65. The maximum Gasteiger partial charge on any atom is 0.121 e. The normalized spacial score (nSPS) is 11.2. The summed E-state index contributed by atoms with van der Waals surface area (Å²) < 4.78 is 7.01. The minimum Gasteiger partial charge on any atom is -0.491 e. The van der Waals surface area contributed by atoms with Gasteiger partial charge in [0.2, 0.25) is 0 Å². The maximum absolute atomic E-state index is 6.24. The fourth-order valence-electron chi connectivity index (χ4n) is 2.33. The van der Waals surface area contributed by atoms with Gasteiger partial charge in [0.25, 0.3) is 0 Å². The molecular weight excluding hydrogens is 300 g/mol. The minimum absolute atomic E-state index is 0.199. The molecule has 0 N–H and O–H groups in total. The molecule has 21 heavy (non-hydrogen) atoms. The second-order valence-corrected chi connectivity index (χ2v) is 6.92. The number of fused-ring (bicyclic) bond motifs is 1. The molecule has 1 heterocycles. The Kier molecular flexibility index (Phi) is 4.18. The molecule has 0 aliphatic carbocycles. The smallest absolute Gasteiger partial charge is 0.121 e. The standard InChI is InChI=1S/C18H17ClOS/c1-12(2)20-15-8-7-14-10-16(21-18(14)11-15)9-13-5-3-4-6-17(13)19/h3-8,10-12H,9H2,1-2H3. The first-order valence-electron chi connectivity index (χ1n) is 7.04. The number of ether oxygens (including phenoxy) is 1. The Morgan fingerprint density at radius 2 is 1.90 bits per heavy atom. The number of hydrogen-bond acceptors (Lipinski definition) is 2. The highest BCUT2D eigenvalue weighted by atomic mass is 35.5. The van der Waals surface area contributed by atoms with Gasteiger partial charge < -0.3 is 4.74 Å². The maximum atomic E-state index is 6.24. The molecule has 0 spiro atoms. The molecule has 108 valence electrons. The van der Waals surface area contributed by atoms with Crippen LogP contribution >= 0.6 is 22.9 Å². The minimum atomic E-state index is 0.199. The highest BCUT2D eigenvalue weighted by Crippen LogP contribution is 2.31. The van der Waals surface area contributed by atoms with E-state index < -0.39 is 0 Å². The van der Waals surface area contributed by atoms with Crippen LogP contribution in [0.25, 0.3) is 10.1 Å². The molecule has 0 bridgehead atoms. The van der Waals surface area contributed by atoms with Crippen molar-refractivity contribution in [2.75, 3.05) is 0 Å². The average Bonchev–Trinajstić information content (AvgIpc) is 2.82. The molecule has 2 aromatic carbocycles. The summed E-state index contributed by atoms with van der Waals surface area (Å²) in [5, 5.41) is 2.09. The molecule has 0 saturated heterocycles. The SMILES string of the molecule is CC(C)Oc1ccc2cc(Cc3ccccc3Cl)sc2c1. The van der Waals surface area contributed by atoms with Gasteiger partial charge in [-0.15, -0.1) is 11.3 Å². The zero-order chi connectivity index (χ0) is 14.8. The van der Waals surface area contributed by atoms with E-state index in [1.165, 1.54) is 20.5 Å². The number of halogens is 1. The van der Waals surface area contributed by atoms with E-state index in [0.717, 1.165) is 17.2 Å². The van der Waals surface area contributed by atoms with Crippen LogP contribution in [0.1, 0.15) is 24.3 Å². The lowest BCUT2D eigenvalue weighted by Gasteiger charge is -2.08. The molecule has 0 aliphatic heterocycles. The van der Waals surface area contributed by atoms with E-state index in [2.05, 4.69) is 24.3 Å². The van der Waals surface area contributed by atoms with Crippen molar-refractivity contribution < 1.29 is 4.74 Å². The second kappa shape index (κ2) is 6.08. The van der Waals surface area contributed by atoms with Gasteiger partial charge in [-0.25, -0.2) is 0 Å². The highest BCUT2D eigenvalue weighted by Gasteiger charge is 2.07. The van der Waals surface area contributed by atoms with Crippen LogP contribution < -0.4 is 4.74 Å². The van der Waals surface area contributed by atoms with E-state index in [1.54, 1.807) is 11.3 Å². The van der Waals surface area contributed by atoms with Crippen LogP contribution in [0, 0.1) is 0 Å². The summed E-state index contributed by atoms with van der Waals surface area (Å²) in [5.74, 6) is 0.934. The summed E-state index contributed by atoms with van der Waals surface area (Å²) in [6, 6.07) is 16.5. The number of rotatable bonds is 4. The van der Waals surface area contributed by atoms with Crippen molar-refractivity contribution in [2.24, 2.45) is 0 Å². The molecule has 0 saturated carbocycles. The van der Waals surface area contributed by atoms with Gasteiger partial charge in [-0.3, -0.25) is 0 Å². The molecule has 1 aromatic heterocycles. The zero-order valence-electron chi connectivity index (χ0n) is 12.1. The molecular formula is C18H17ClOS. The number of hydrogen-bond donors (Lipinski definition) is 0. The second-order valence-electron chi connectivity index (χ2n) is 5.35. The van der Waals surface area contributed by atoms with Crippen LogP contribution in [0.4, 0.5) is 0 Å². The summed E-state index contributed by atoms with van der Waals surface area (Å²) in [4.78, 5) is 1.32. The van der Waals surface area contributed by atoms with Crippen molar-refractivity contribution in [3.63, 3.8) is 0 Å². The Morgan fingerprint density at radius 3 is 2.67 bits per heavy atom. The summed E-state index contributed by atoms with van der Waals surface area (Å²) in [6.45, 7) is 4.09.